The Morgan fingerprint density at radius 1 is 1.09 bits per heavy atom. The van der Waals surface area contributed by atoms with Gasteiger partial charge in [-0.1, -0.05) is 30.3 Å². The summed E-state index contributed by atoms with van der Waals surface area (Å²) in [6.45, 7) is 1.34. The minimum absolute atomic E-state index is 0.00621. The molecule has 1 atom stereocenters. The third kappa shape index (κ3) is 3.98. The van der Waals surface area contributed by atoms with Crippen LogP contribution in [0, 0.1) is 5.92 Å². The van der Waals surface area contributed by atoms with E-state index in [-0.39, 0.29) is 11.8 Å². The Morgan fingerprint density at radius 3 is 2.78 bits per heavy atom. The third-order valence-electron chi connectivity index (χ3n) is 6.44. The van der Waals surface area contributed by atoms with Crippen molar-refractivity contribution in [1.82, 2.24) is 14.9 Å². The van der Waals surface area contributed by atoms with E-state index in [1.165, 1.54) is 27.7 Å². The molecule has 0 saturated carbocycles. The fourth-order valence-electron chi connectivity index (χ4n) is 4.79. The number of aromatic nitrogens is 2. The first-order valence-electron chi connectivity index (χ1n) is 11.1. The van der Waals surface area contributed by atoms with Gasteiger partial charge in [0.15, 0.2) is 0 Å². The molecule has 2 aromatic carbocycles. The summed E-state index contributed by atoms with van der Waals surface area (Å²) >= 11 is 0. The first-order valence-corrected chi connectivity index (χ1v) is 11.1. The summed E-state index contributed by atoms with van der Waals surface area (Å²) in [5.74, 6) is 0.929. The van der Waals surface area contributed by atoms with Gasteiger partial charge in [-0.3, -0.25) is 9.78 Å². The van der Waals surface area contributed by atoms with Crippen LogP contribution in [0.15, 0.2) is 73.1 Å². The van der Waals surface area contributed by atoms with Crippen LogP contribution in [0.3, 0.4) is 0 Å². The van der Waals surface area contributed by atoms with Crippen molar-refractivity contribution < 1.29 is 9.53 Å². The molecule has 1 amide bonds. The topological polar surface area (TPSA) is 56.1 Å². The quantitative estimate of drug-likeness (QED) is 0.494. The fourth-order valence-corrected chi connectivity index (χ4v) is 4.79. The normalized spacial score (nSPS) is 15.3. The largest absolute Gasteiger partial charge is 0.497 e. The summed E-state index contributed by atoms with van der Waals surface area (Å²) in [6, 6.07) is 20.5. The number of hydrogen-bond acceptors (Lipinski definition) is 3. The Kier molecular flexibility index (Phi) is 5.63. The number of methoxy groups -OCH3 is 1. The molecule has 1 aliphatic carbocycles. The number of fused-ring (bicyclic) bond motifs is 3. The average molecular weight is 426 g/mol. The van der Waals surface area contributed by atoms with Crippen molar-refractivity contribution in [2.45, 2.75) is 32.4 Å². The Bertz CT molecular complexity index is 1250. The van der Waals surface area contributed by atoms with Crippen LogP contribution in [0.4, 0.5) is 0 Å². The highest BCUT2D eigenvalue weighted by molar-refractivity contribution is 5.88. The van der Waals surface area contributed by atoms with Crippen LogP contribution in [0.5, 0.6) is 5.75 Å². The molecular formula is C27H27N3O2. The van der Waals surface area contributed by atoms with Crippen LogP contribution < -0.4 is 10.1 Å². The predicted octanol–water partition coefficient (Wildman–Crippen LogP) is 4.51. The highest BCUT2D eigenvalue weighted by Crippen LogP contribution is 2.35. The lowest BCUT2D eigenvalue weighted by molar-refractivity contribution is -0.125. The van der Waals surface area contributed by atoms with E-state index in [9.17, 15) is 4.79 Å². The summed E-state index contributed by atoms with van der Waals surface area (Å²) in [5.41, 5.74) is 6.21. The zero-order chi connectivity index (χ0) is 21.9. The maximum Gasteiger partial charge on any atom is 0.223 e. The average Bonchev–Trinajstić information content (AvgIpc) is 3.16. The molecule has 5 nitrogen and oxygen atoms in total. The number of nitrogens with one attached hydrogen (secondary N) is 1. The van der Waals surface area contributed by atoms with Gasteiger partial charge in [0.1, 0.15) is 5.75 Å². The molecule has 0 spiro atoms. The number of benzene rings is 2. The second-order valence-electron chi connectivity index (χ2n) is 8.39. The molecule has 1 unspecified atom stereocenters. The zero-order valence-corrected chi connectivity index (χ0v) is 18.3. The molecule has 0 saturated heterocycles. The van der Waals surface area contributed by atoms with Crippen molar-refractivity contribution in [3.8, 4) is 5.75 Å². The summed E-state index contributed by atoms with van der Waals surface area (Å²) in [4.78, 5) is 17.2. The molecule has 0 bridgehead atoms. The Hall–Kier alpha value is -3.60. The molecule has 162 valence electrons. The van der Waals surface area contributed by atoms with Crippen molar-refractivity contribution >= 4 is 16.8 Å². The van der Waals surface area contributed by atoms with E-state index in [0.717, 1.165) is 37.1 Å². The lowest BCUT2D eigenvalue weighted by atomic mass is 9.85. The van der Waals surface area contributed by atoms with Crippen molar-refractivity contribution in [2.24, 2.45) is 5.92 Å². The van der Waals surface area contributed by atoms with E-state index in [2.05, 4.69) is 51.3 Å². The number of carbonyl (C=O) groups excluding carboxylic acids is 1. The number of hydrogen-bond donors (Lipinski definition) is 1. The highest BCUT2D eigenvalue weighted by Gasteiger charge is 2.29. The first kappa shape index (κ1) is 20.3. The van der Waals surface area contributed by atoms with Crippen LogP contribution >= 0.6 is 0 Å². The van der Waals surface area contributed by atoms with E-state index in [4.69, 9.17) is 4.74 Å². The van der Waals surface area contributed by atoms with Crippen LogP contribution in [0.1, 0.15) is 28.8 Å². The molecule has 2 aromatic heterocycles. The van der Waals surface area contributed by atoms with Crippen LogP contribution in [0.2, 0.25) is 0 Å². The predicted molar refractivity (Wildman–Crippen MR) is 126 cm³/mol. The van der Waals surface area contributed by atoms with Gasteiger partial charge in [0.05, 0.1) is 7.11 Å². The van der Waals surface area contributed by atoms with Crippen LogP contribution in [-0.4, -0.2) is 22.6 Å². The second kappa shape index (κ2) is 8.87. The van der Waals surface area contributed by atoms with Crippen molar-refractivity contribution in [2.75, 3.05) is 7.11 Å². The number of amides is 1. The monoisotopic (exact) mass is 425 g/mol. The van der Waals surface area contributed by atoms with Gasteiger partial charge in [-0.15, -0.1) is 0 Å². The lowest BCUT2D eigenvalue weighted by Gasteiger charge is -2.23. The lowest BCUT2D eigenvalue weighted by Crippen LogP contribution is -2.34. The Morgan fingerprint density at radius 2 is 1.94 bits per heavy atom. The molecule has 1 aliphatic rings. The van der Waals surface area contributed by atoms with Gasteiger partial charge in [-0.05, 0) is 66.3 Å². The van der Waals surface area contributed by atoms with Crippen LogP contribution in [0.25, 0.3) is 10.9 Å². The zero-order valence-electron chi connectivity index (χ0n) is 18.3. The Balaban J connectivity index is 1.36. The minimum atomic E-state index is -0.00621. The fraction of sp³-hybridized carbons (Fsp3) is 0.259. The van der Waals surface area contributed by atoms with Crippen molar-refractivity contribution in [3.63, 3.8) is 0 Å². The van der Waals surface area contributed by atoms with Gasteiger partial charge in [-0.25, -0.2) is 0 Å². The van der Waals surface area contributed by atoms with E-state index < -0.39 is 0 Å². The van der Waals surface area contributed by atoms with Gasteiger partial charge in [0.25, 0.3) is 0 Å². The van der Waals surface area contributed by atoms with E-state index in [1.807, 2.05) is 36.7 Å². The first-order chi connectivity index (χ1) is 15.7. The number of pyridine rings is 1. The summed E-state index contributed by atoms with van der Waals surface area (Å²) < 4.78 is 7.71. The van der Waals surface area contributed by atoms with Gasteiger partial charge < -0.3 is 14.6 Å². The molecule has 0 fully saturated rings. The summed E-state index contributed by atoms with van der Waals surface area (Å²) in [6.07, 6.45) is 6.24. The van der Waals surface area contributed by atoms with Gasteiger partial charge in [-0.2, -0.15) is 0 Å². The second-order valence-corrected chi connectivity index (χ2v) is 8.39. The SMILES string of the molecule is COc1cccc(CNC(=O)C2CCc3c(c4ccccc4n3Cc3ccncc3)C2)c1. The number of nitrogens with zero attached hydrogens (tertiary/aromatic N) is 2. The standard InChI is InChI=1S/C27H27N3O2/c1-32-22-6-4-5-20(15-22)17-29-27(31)21-9-10-26-24(16-21)23-7-2-3-8-25(23)30(26)18-19-11-13-28-14-12-19/h2-8,11-15,21H,9-10,16-18H2,1H3,(H,29,31). The highest BCUT2D eigenvalue weighted by atomic mass is 16.5. The molecular weight excluding hydrogens is 398 g/mol. The number of rotatable bonds is 6. The number of ether oxygens (including phenoxy) is 1. The molecule has 1 N–H and O–H groups in total. The maximum atomic E-state index is 13.0. The third-order valence-corrected chi connectivity index (χ3v) is 6.44. The number of carbonyl (C=O) groups is 1. The van der Waals surface area contributed by atoms with E-state index in [1.54, 1.807) is 7.11 Å². The van der Waals surface area contributed by atoms with Crippen molar-refractivity contribution in [1.29, 1.82) is 0 Å². The molecule has 0 aliphatic heterocycles. The molecule has 5 heteroatoms. The molecule has 4 aromatic rings. The summed E-state index contributed by atoms with van der Waals surface area (Å²) in [5, 5.41) is 4.40. The van der Waals surface area contributed by atoms with Crippen LogP contribution in [-0.2, 0) is 30.7 Å². The van der Waals surface area contributed by atoms with Crippen molar-refractivity contribution in [3.05, 3.63) is 95.4 Å². The van der Waals surface area contributed by atoms with Gasteiger partial charge >= 0.3 is 0 Å². The van der Waals surface area contributed by atoms with Gasteiger partial charge in [0, 0.05) is 48.0 Å². The van der Waals surface area contributed by atoms with E-state index in [0.29, 0.717) is 6.54 Å². The smallest absolute Gasteiger partial charge is 0.223 e. The van der Waals surface area contributed by atoms with E-state index >= 15 is 0 Å². The van der Waals surface area contributed by atoms with Gasteiger partial charge in [0.2, 0.25) is 5.91 Å². The summed E-state index contributed by atoms with van der Waals surface area (Å²) in [7, 11) is 1.66. The molecule has 5 rings (SSSR count). The molecule has 0 radical (unpaired) electrons. The molecule has 2 heterocycles. The Labute approximate surface area is 188 Å². The minimum Gasteiger partial charge on any atom is -0.497 e. The maximum absolute atomic E-state index is 13.0. The molecule has 32 heavy (non-hydrogen) atoms. The number of para-hydroxylation sites is 1.